The van der Waals surface area contributed by atoms with E-state index in [4.69, 9.17) is 13.6 Å². The van der Waals surface area contributed by atoms with E-state index in [1.807, 2.05) is 0 Å². The van der Waals surface area contributed by atoms with Gasteiger partial charge in [0, 0.05) is 16.7 Å². The minimum atomic E-state index is -4.32. The highest BCUT2D eigenvalue weighted by atomic mass is 31.2. The van der Waals surface area contributed by atoms with Gasteiger partial charge in [0.25, 0.3) is 0 Å². The molecule has 0 aliphatic rings. The Hall–Kier alpha value is -3.70. The van der Waals surface area contributed by atoms with Gasteiger partial charge in [0.1, 0.15) is 36.1 Å². The molecule has 0 atom stereocenters. The van der Waals surface area contributed by atoms with E-state index < -0.39 is 7.82 Å². The Labute approximate surface area is 166 Å². The molecule has 0 aliphatic carbocycles. The standard InChI is InChI=1S/C21H15O7P/c22-13-16-4-1-7-19(10-16)26-29(25,27-20-8-2-5-17(11-20)14-23)28-21-9-3-6-18(12-21)15-24/h1-15H. The van der Waals surface area contributed by atoms with E-state index in [1.165, 1.54) is 36.4 Å². The molecule has 0 spiro atoms. The summed E-state index contributed by atoms with van der Waals surface area (Å²) in [6.45, 7) is 0. The van der Waals surface area contributed by atoms with Gasteiger partial charge in [0.05, 0.1) is 0 Å². The van der Waals surface area contributed by atoms with Crippen LogP contribution in [-0.4, -0.2) is 18.9 Å². The molecular weight excluding hydrogens is 395 g/mol. The lowest BCUT2D eigenvalue weighted by Crippen LogP contribution is -2.08. The molecule has 3 aromatic rings. The zero-order chi connectivity index (χ0) is 20.7. The van der Waals surface area contributed by atoms with Gasteiger partial charge in [0.2, 0.25) is 0 Å². The van der Waals surface area contributed by atoms with Crippen LogP contribution >= 0.6 is 7.82 Å². The van der Waals surface area contributed by atoms with Crippen molar-refractivity contribution < 1.29 is 32.5 Å². The van der Waals surface area contributed by atoms with E-state index in [0.717, 1.165) is 0 Å². The second-order valence-corrected chi connectivity index (χ2v) is 7.23. The molecule has 0 unspecified atom stereocenters. The van der Waals surface area contributed by atoms with Crippen LogP contribution in [0.2, 0.25) is 0 Å². The minimum absolute atomic E-state index is 0.0796. The molecule has 146 valence electrons. The molecule has 0 N–H and O–H groups in total. The predicted octanol–water partition coefficient (Wildman–Crippen LogP) is 4.77. The molecule has 3 rings (SSSR count). The summed E-state index contributed by atoms with van der Waals surface area (Å²) < 4.78 is 29.8. The average Bonchev–Trinajstić information content (AvgIpc) is 2.73. The molecule has 0 amide bonds. The second-order valence-electron chi connectivity index (χ2n) is 5.79. The molecule has 0 aromatic heterocycles. The quantitative estimate of drug-likeness (QED) is 0.370. The van der Waals surface area contributed by atoms with Gasteiger partial charge in [-0.15, -0.1) is 0 Å². The van der Waals surface area contributed by atoms with Gasteiger partial charge in [0.15, 0.2) is 0 Å². The Morgan fingerprint density at radius 2 is 0.862 bits per heavy atom. The molecule has 0 radical (unpaired) electrons. The van der Waals surface area contributed by atoms with Gasteiger partial charge in [-0.05, 0) is 36.4 Å². The lowest BCUT2D eigenvalue weighted by atomic mass is 10.2. The first kappa shape index (κ1) is 20.0. The van der Waals surface area contributed by atoms with Crippen molar-refractivity contribution in [1.29, 1.82) is 0 Å². The number of hydrogen-bond acceptors (Lipinski definition) is 7. The Kier molecular flexibility index (Phi) is 6.22. The molecule has 8 heteroatoms. The summed E-state index contributed by atoms with van der Waals surface area (Å²) in [7, 11) is -4.32. The van der Waals surface area contributed by atoms with Crippen molar-refractivity contribution in [3.63, 3.8) is 0 Å². The van der Waals surface area contributed by atoms with Gasteiger partial charge in [-0.25, -0.2) is 0 Å². The number of phosphoric acid groups is 1. The van der Waals surface area contributed by atoms with Crippen LogP contribution in [0.25, 0.3) is 0 Å². The van der Waals surface area contributed by atoms with Crippen LogP contribution in [0, 0.1) is 0 Å². The number of carbonyl (C=O) groups is 3. The number of carbonyl (C=O) groups excluding carboxylic acids is 3. The van der Waals surface area contributed by atoms with Crippen molar-refractivity contribution in [2.24, 2.45) is 0 Å². The van der Waals surface area contributed by atoms with E-state index in [1.54, 1.807) is 36.4 Å². The lowest BCUT2D eigenvalue weighted by Gasteiger charge is -2.19. The van der Waals surface area contributed by atoms with Gasteiger partial charge in [-0.3, -0.25) is 14.4 Å². The zero-order valence-electron chi connectivity index (χ0n) is 15.0. The van der Waals surface area contributed by atoms with Crippen LogP contribution in [0.15, 0.2) is 72.8 Å². The number of rotatable bonds is 9. The topological polar surface area (TPSA) is 96.0 Å². The summed E-state index contributed by atoms with van der Waals surface area (Å²) in [5.41, 5.74) is 0.917. The Morgan fingerprint density at radius 3 is 1.14 bits per heavy atom. The molecule has 3 aromatic carbocycles. The minimum Gasteiger partial charge on any atom is -0.386 e. The molecule has 0 saturated heterocycles. The Balaban J connectivity index is 1.96. The second kappa shape index (κ2) is 8.99. The maximum atomic E-state index is 13.4. The highest BCUT2D eigenvalue weighted by Gasteiger charge is 2.33. The first-order valence-electron chi connectivity index (χ1n) is 8.38. The first-order chi connectivity index (χ1) is 14.0. The highest BCUT2D eigenvalue weighted by molar-refractivity contribution is 7.49. The monoisotopic (exact) mass is 410 g/mol. The summed E-state index contributed by atoms with van der Waals surface area (Å²) in [5.74, 6) is 0.239. The molecule has 0 saturated carbocycles. The third-order valence-electron chi connectivity index (χ3n) is 3.63. The van der Waals surface area contributed by atoms with Crippen LogP contribution in [0.4, 0.5) is 0 Å². The number of hydrogen-bond donors (Lipinski definition) is 0. The fraction of sp³-hybridized carbons (Fsp3) is 0. The van der Waals surface area contributed by atoms with Crippen molar-refractivity contribution in [2.45, 2.75) is 0 Å². The first-order valence-corrected chi connectivity index (χ1v) is 9.84. The van der Waals surface area contributed by atoms with E-state index >= 15 is 0 Å². The predicted molar refractivity (Wildman–Crippen MR) is 105 cm³/mol. The van der Waals surface area contributed by atoms with E-state index in [2.05, 4.69) is 0 Å². The molecule has 29 heavy (non-hydrogen) atoms. The summed E-state index contributed by atoms with van der Waals surface area (Å²) in [6, 6.07) is 17.8. The third kappa shape index (κ3) is 5.40. The Morgan fingerprint density at radius 1 is 0.552 bits per heavy atom. The van der Waals surface area contributed by atoms with Crippen molar-refractivity contribution in [2.75, 3.05) is 0 Å². The molecular formula is C21H15O7P. The molecule has 0 fully saturated rings. The maximum Gasteiger partial charge on any atom is 0.647 e. The normalized spacial score (nSPS) is 10.6. The van der Waals surface area contributed by atoms with Gasteiger partial charge >= 0.3 is 7.82 Å². The maximum absolute atomic E-state index is 13.4. The van der Waals surface area contributed by atoms with Crippen LogP contribution in [0.3, 0.4) is 0 Å². The van der Waals surface area contributed by atoms with Crippen molar-refractivity contribution in [3.05, 3.63) is 89.5 Å². The fourth-order valence-electron chi connectivity index (χ4n) is 2.38. The Bertz CT molecular complexity index is 957. The highest BCUT2D eigenvalue weighted by Crippen LogP contribution is 2.49. The van der Waals surface area contributed by atoms with E-state index in [9.17, 15) is 18.9 Å². The summed E-state index contributed by atoms with van der Waals surface area (Å²) >= 11 is 0. The zero-order valence-corrected chi connectivity index (χ0v) is 15.9. The summed E-state index contributed by atoms with van der Waals surface area (Å²) in [6.07, 6.45) is 1.84. The smallest absolute Gasteiger partial charge is 0.386 e. The summed E-state index contributed by atoms with van der Waals surface area (Å²) in [5, 5.41) is 0. The lowest BCUT2D eigenvalue weighted by molar-refractivity contribution is 0.111. The van der Waals surface area contributed by atoms with E-state index in [0.29, 0.717) is 35.5 Å². The fourth-order valence-corrected chi connectivity index (χ4v) is 3.60. The average molecular weight is 410 g/mol. The number of phosphoric ester groups is 1. The van der Waals surface area contributed by atoms with Crippen LogP contribution in [0.1, 0.15) is 31.1 Å². The molecule has 7 nitrogen and oxygen atoms in total. The summed E-state index contributed by atoms with van der Waals surface area (Å²) in [4.78, 5) is 33.0. The number of aldehydes is 3. The van der Waals surface area contributed by atoms with Crippen LogP contribution < -0.4 is 13.6 Å². The molecule has 0 bridgehead atoms. The van der Waals surface area contributed by atoms with Crippen molar-refractivity contribution in [3.8, 4) is 17.2 Å². The van der Waals surface area contributed by atoms with Gasteiger partial charge < -0.3 is 13.6 Å². The van der Waals surface area contributed by atoms with Crippen molar-refractivity contribution in [1.82, 2.24) is 0 Å². The van der Waals surface area contributed by atoms with Crippen molar-refractivity contribution >= 4 is 26.7 Å². The van der Waals surface area contributed by atoms with Gasteiger partial charge in [-0.1, -0.05) is 36.4 Å². The van der Waals surface area contributed by atoms with Crippen LogP contribution in [-0.2, 0) is 4.57 Å². The molecule has 0 heterocycles. The van der Waals surface area contributed by atoms with E-state index in [-0.39, 0.29) is 17.2 Å². The SMILES string of the molecule is O=Cc1cccc(OP(=O)(Oc2cccc(C=O)c2)Oc2cccc(C=O)c2)c1. The number of benzene rings is 3. The third-order valence-corrected chi connectivity index (χ3v) is 4.94. The van der Waals surface area contributed by atoms with Gasteiger partial charge in [-0.2, -0.15) is 4.57 Å². The molecule has 0 aliphatic heterocycles. The van der Waals surface area contributed by atoms with Crippen LogP contribution in [0.5, 0.6) is 17.2 Å². The largest absolute Gasteiger partial charge is 0.647 e.